The van der Waals surface area contributed by atoms with Gasteiger partial charge < -0.3 is 14.0 Å². The van der Waals surface area contributed by atoms with Gasteiger partial charge in [-0.05, 0) is 25.0 Å². The fourth-order valence-corrected chi connectivity index (χ4v) is 3.86. The molecule has 0 radical (unpaired) electrons. The first-order chi connectivity index (χ1) is 10.7. The number of hydrogen-bond donors (Lipinski definition) is 1. The minimum Gasteiger partial charge on any atom is -0.478 e. The normalized spacial score (nSPS) is 17.9. The molecule has 1 atom stereocenters. The van der Waals surface area contributed by atoms with Crippen LogP contribution in [0.5, 0.6) is 5.75 Å². The van der Waals surface area contributed by atoms with Gasteiger partial charge in [-0.3, -0.25) is 4.79 Å². The van der Waals surface area contributed by atoms with Gasteiger partial charge in [0, 0.05) is 24.2 Å². The lowest BCUT2D eigenvalue weighted by Crippen LogP contribution is -2.16. The fourth-order valence-electron chi connectivity index (χ4n) is 2.04. The minimum atomic E-state index is -1.10. The molecule has 1 aromatic carbocycles. The number of carbonyl (C=O) groups is 2. The number of unbranched alkanes of at least 4 members (excludes halogenated alkanes) is 1. The first-order valence-electron chi connectivity index (χ1n) is 7.06. The van der Waals surface area contributed by atoms with Crippen LogP contribution in [-0.2, 0) is 8.98 Å². The van der Waals surface area contributed by atoms with Crippen LogP contribution in [0.4, 0.5) is 0 Å². The molecule has 1 heterocycles. The summed E-state index contributed by atoms with van der Waals surface area (Å²) in [4.78, 5) is 22.8. The van der Waals surface area contributed by atoms with Crippen LogP contribution < -0.4 is 4.74 Å². The lowest BCUT2D eigenvalue weighted by Gasteiger charge is -2.20. The summed E-state index contributed by atoms with van der Waals surface area (Å²) in [5.74, 6) is -0.401. The summed E-state index contributed by atoms with van der Waals surface area (Å²) in [5.41, 5.74) is 0.000468. The SMILES string of the molecule is O=C(CCCCC1CSCSO1)Oc1ccccc1C(=O)O. The van der Waals surface area contributed by atoms with Crippen LogP contribution in [0.2, 0.25) is 0 Å². The molecular weight excluding hydrogens is 324 g/mol. The number of aromatic carboxylic acids is 1. The number of hydrogen-bond acceptors (Lipinski definition) is 6. The summed E-state index contributed by atoms with van der Waals surface area (Å²) < 4.78 is 10.7. The second-order valence-corrected chi connectivity index (χ2v) is 6.96. The van der Waals surface area contributed by atoms with Crippen LogP contribution >= 0.6 is 23.8 Å². The highest BCUT2D eigenvalue weighted by Gasteiger charge is 2.16. The lowest BCUT2D eigenvalue weighted by molar-refractivity contribution is -0.134. The number of rotatable bonds is 7. The van der Waals surface area contributed by atoms with E-state index in [1.807, 2.05) is 11.8 Å². The molecule has 0 aromatic heterocycles. The van der Waals surface area contributed by atoms with Gasteiger partial charge in [-0.2, -0.15) is 0 Å². The molecule has 0 bridgehead atoms. The van der Waals surface area contributed by atoms with E-state index in [4.69, 9.17) is 14.0 Å². The number of carboxylic acids is 1. The van der Waals surface area contributed by atoms with E-state index in [0.717, 1.165) is 23.7 Å². The van der Waals surface area contributed by atoms with Crippen LogP contribution in [-0.4, -0.2) is 34.0 Å². The van der Waals surface area contributed by atoms with Crippen molar-refractivity contribution in [2.24, 2.45) is 0 Å². The molecule has 0 amide bonds. The molecule has 1 aromatic rings. The molecule has 0 aliphatic carbocycles. The van der Waals surface area contributed by atoms with E-state index in [1.54, 1.807) is 12.1 Å². The maximum Gasteiger partial charge on any atom is 0.339 e. The van der Waals surface area contributed by atoms with E-state index in [1.165, 1.54) is 24.2 Å². The quantitative estimate of drug-likeness (QED) is 0.351. The van der Waals surface area contributed by atoms with Crippen LogP contribution in [0.3, 0.4) is 0 Å². The molecule has 7 heteroatoms. The molecule has 1 unspecified atom stereocenters. The predicted molar refractivity (Wildman–Crippen MR) is 87.3 cm³/mol. The van der Waals surface area contributed by atoms with Crippen molar-refractivity contribution in [3.05, 3.63) is 29.8 Å². The van der Waals surface area contributed by atoms with Crippen LogP contribution in [0.25, 0.3) is 0 Å². The fraction of sp³-hybridized carbons (Fsp3) is 0.467. The zero-order chi connectivity index (χ0) is 15.8. The molecule has 1 aliphatic rings. The standard InChI is InChI=1S/C15H18O5S2/c16-14(8-4-1-5-11-9-21-10-22-20-11)19-13-7-3-2-6-12(13)15(17)18/h2-3,6-7,11H,1,4-5,8-10H2,(H,17,18). The van der Waals surface area contributed by atoms with Gasteiger partial charge in [0.2, 0.25) is 0 Å². The second-order valence-electron chi connectivity index (χ2n) is 4.85. The second kappa shape index (κ2) is 9.07. The third kappa shape index (κ3) is 5.55. The van der Waals surface area contributed by atoms with Crippen molar-refractivity contribution >= 4 is 35.7 Å². The Bertz CT molecular complexity index is 514. The number of para-hydroxylation sites is 1. The molecule has 1 N–H and O–H groups in total. The van der Waals surface area contributed by atoms with Crippen molar-refractivity contribution in [1.82, 2.24) is 0 Å². The van der Waals surface area contributed by atoms with E-state index >= 15 is 0 Å². The van der Waals surface area contributed by atoms with Crippen molar-refractivity contribution in [2.75, 3.05) is 10.8 Å². The number of carboxylic acid groups (broad SMARTS) is 1. The molecule has 0 spiro atoms. The highest BCUT2D eigenvalue weighted by Crippen LogP contribution is 2.27. The van der Waals surface area contributed by atoms with E-state index in [2.05, 4.69) is 0 Å². The summed E-state index contributed by atoms with van der Waals surface area (Å²) in [6, 6.07) is 6.15. The van der Waals surface area contributed by atoms with Crippen LogP contribution in [0, 0.1) is 0 Å². The van der Waals surface area contributed by atoms with Gasteiger partial charge in [-0.25, -0.2) is 4.79 Å². The highest BCUT2D eigenvalue weighted by atomic mass is 32.2. The first-order valence-corrected chi connectivity index (χ1v) is 9.12. The summed E-state index contributed by atoms with van der Waals surface area (Å²) in [6.45, 7) is 0. The number of esters is 1. The smallest absolute Gasteiger partial charge is 0.339 e. The van der Waals surface area contributed by atoms with Crippen LogP contribution in [0.1, 0.15) is 36.0 Å². The van der Waals surface area contributed by atoms with Gasteiger partial charge in [0.15, 0.2) is 0 Å². The van der Waals surface area contributed by atoms with E-state index < -0.39 is 11.9 Å². The molecule has 2 rings (SSSR count). The maximum absolute atomic E-state index is 11.8. The molecule has 1 fully saturated rings. The maximum atomic E-state index is 11.8. The third-order valence-corrected chi connectivity index (χ3v) is 5.20. The molecule has 1 saturated heterocycles. The Labute approximate surface area is 138 Å². The van der Waals surface area contributed by atoms with Crippen molar-refractivity contribution in [2.45, 2.75) is 31.8 Å². The highest BCUT2D eigenvalue weighted by molar-refractivity contribution is 8.14. The third-order valence-electron chi connectivity index (χ3n) is 3.14. The monoisotopic (exact) mass is 342 g/mol. The van der Waals surface area contributed by atoms with Gasteiger partial charge in [-0.15, -0.1) is 11.8 Å². The zero-order valence-electron chi connectivity index (χ0n) is 12.0. The van der Waals surface area contributed by atoms with Crippen LogP contribution in [0.15, 0.2) is 24.3 Å². The van der Waals surface area contributed by atoms with E-state index in [-0.39, 0.29) is 23.8 Å². The summed E-state index contributed by atoms with van der Waals surface area (Å²) in [7, 11) is 0. The number of carbonyl (C=O) groups excluding carboxylic acids is 1. The molecule has 22 heavy (non-hydrogen) atoms. The Morgan fingerprint density at radius 3 is 2.86 bits per heavy atom. The molecular formula is C15H18O5S2. The minimum absolute atomic E-state index is 0.000468. The Kier molecular flexibility index (Phi) is 7.08. The largest absolute Gasteiger partial charge is 0.478 e. The predicted octanol–water partition coefficient (Wildman–Crippen LogP) is 3.59. The molecule has 120 valence electrons. The van der Waals surface area contributed by atoms with Crippen molar-refractivity contribution < 1.29 is 23.6 Å². The number of thioether (sulfide) groups is 1. The summed E-state index contributed by atoms with van der Waals surface area (Å²) in [6.07, 6.45) is 3.07. The molecule has 5 nitrogen and oxygen atoms in total. The average molecular weight is 342 g/mol. The lowest BCUT2D eigenvalue weighted by atomic mass is 10.1. The van der Waals surface area contributed by atoms with Crippen molar-refractivity contribution in [3.8, 4) is 5.75 Å². The van der Waals surface area contributed by atoms with Gasteiger partial charge in [0.05, 0.1) is 11.2 Å². The number of benzene rings is 1. The zero-order valence-corrected chi connectivity index (χ0v) is 13.7. The molecule has 1 aliphatic heterocycles. The van der Waals surface area contributed by atoms with E-state index in [9.17, 15) is 9.59 Å². The Balaban J connectivity index is 1.70. The van der Waals surface area contributed by atoms with Gasteiger partial charge in [-0.1, -0.05) is 18.6 Å². The summed E-state index contributed by atoms with van der Waals surface area (Å²) >= 11 is 3.35. The Hall–Kier alpha value is -1.18. The van der Waals surface area contributed by atoms with Gasteiger partial charge in [0.1, 0.15) is 11.3 Å². The van der Waals surface area contributed by atoms with E-state index in [0.29, 0.717) is 6.42 Å². The topological polar surface area (TPSA) is 72.8 Å². The van der Waals surface area contributed by atoms with Crippen molar-refractivity contribution in [3.63, 3.8) is 0 Å². The Morgan fingerprint density at radius 2 is 2.14 bits per heavy atom. The average Bonchev–Trinajstić information content (AvgIpc) is 2.53. The summed E-state index contributed by atoms with van der Waals surface area (Å²) in [5, 5.41) is 10.0. The number of ether oxygens (including phenoxy) is 1. The van der Waals surface area contributed by atoms with Gasteiger partial charge in [0.25, 0.3) is 0 Å². The molecule has 0 saturated carbocycles. The van der Waals surface area contributed by atoms with Crippen molar-refractivity contribution in [1.29, 1.82) is 0 Å². The van der Waals surface area contributed by atoms with Gasteiger partial charge >= 0.3 is 11.9 Å². The first kappa shape index (κ1) is 17.2. The Morgan fingerprint density at radius 1 is 1.32 bits per heavy atom.